The minimum Gasteiger partial charge on any atom is -0.377 e. The van der Waals surface area contributed by atoms with Crippen LogP contribution in [0.2, 0.25) is 0 Å². The molecule has 3 nitrogen and oxygen atoms in total. The number of amides is 1. The molecular formula is C8H15NO2. The molecule has 64 valence electrons. The summed E-state index contributed by atoms with van der Waals surface area (Å²) in [5.41, 5.74) is 4.94. The van der Waals surface area contributed by atoms with Gasteiger partial charge in [0.05, 0.1) is 6.61 Å². The van der Waals surface area contributed by atoms with E-state index >= 15 is 0 Å². The van der Waals surface area contributed by atoms with Crippen LogP contribution in [-0.4, -0.2) is 19.1 Å². The van der Waals surface area contributed by atoms with Crippen LogP contribution >= 0.6 is 0 Å². The van der Waals surface area contributed by atoms with Crippen molar-refractivity contribution in [1.29, 1.82) is 0 Å². The van der Waals surface area contributed by atoms with Crippen molar-refractivity contribution in [2.75, 3.05) is 13.2 Å². The number of primary amides is 1. The van der Waals surface area contributed by atoms with Gasteiger partial charge >= 0.3 is 0 Å². The van der Waals surface area contributed by atoms with Crippen LogP contribution in [0.4, 0.5) is 0 Å². The molecule has 0 aromatic carbocycles. The van der Waals surface area contributed by atoms with Crippen molar-refractivity contribution < 1.29 is 9.53 Å². The molecule has 0 fully saturated rings. The maximum atomic E-state index is 10.3. The highest BCUT2D eigenvalue weighted by Crippen LogP contribution is 1.94. The number of hydrogen-bond acceptors (Lipinski definition) is 2. The Balaban J connectivity index is 2.90. The molecule has 0 heterocycles. The number of nitrogens with two attached hydrogens (primary N) is 1. The first-order valence-corrected chi connectivity index (χ1v) is 3.74. The van der Waals surface area contributed by atoms with Gasteiger partial charge in [0.2, 0.25) is 5.91 Å². The average Bonchev–Trinajstić information content (AvgIpc) is 1.96. The first-order chi connectivity index (χ1) is 5.27. The Morgan fingerprint density at radius 1 is 1.55 bits per heavy atom. The Labute approximate surface area is 67.2 Å². The molecule has 0 aliphatic rings. The molecule has 0 rings (SSSR count). The minimum absolute atomic E-state index is 0.242. The molecule has 2 N–H and O–H groups in total. The van der Waals surface area contributed by atoms with E-state index in [-0.39, 0.29) is 5.91 Å². The maximum absolute atomic E-state index is 10.3. The van der Waals surface area contributed by atoms with Crippen molar-refractivity contribution in [1.82, 2.24) is 0 Å². The summed E-state index contributed by atoms with van der Waals surface area (Å²) < 4.78 is 5.09. The topological polar surface area (TPSA) is 52.3 Å². The zero-order chi connectivity index (χ0) is 8.53. The zero-order valence-corrected chi connectivity index (χ0v) is 6.71. The van der Waals surface area contributed by atoms with Crippen molar-refractivity contribution in [2.24, 2.45) is 5.73 Å². The fourth-order valence-corrected chi connectivity index (χ4v) is 0.670. The Hall–Kier alpha value is -0.830. The summed E-state index contributed by atoms with van der Waals surface area (Å²) in [6.45, 7) is 4.77. The Morgan fingerprint density at radius 3 is 2.82 bits per heavy atom. The number of ether oxygens (including phenoxy) is 1. The molecule has 0 bridgehead atoms. The molecule has 0 aliphatic carbocycles. The lowest BCUT2D eigenvalue weighted by atomic mass is 10.2. The third-order valence-corrected chi connectivity index (χ3v) is 1.20. The first-order valence-electron chi connectivity index (χ1n) is 3.74. The minimum atomic E-state index is -0.242. The summed E-state index contributed by atoms with van der Waals surface area (Å²) >= 11 is 0. The normalized spacial score (nSPS) is 9.45. The van der Waals surface area contributed by atoms with Gasteiger partial charge in [-0.25, -0.2) is 0 Å². The second-order valence-electron chi connectivity index (χ2n) is 2.29. The summed E-state index contributed by atoms with van der Waals surface area (Å²) in [6.07, 6.45) is 3.86. The van der Waals surface area contributed by atoms with Gasteiger partial charge in [0, 0.05) is 13.0 Å². The molecule has 0 saturated heterocycles. The van der Waals surface area contributed by atoms with E-state index in [9.17, 15) is 4.79 Å². The number of hydrogen-bond donors (Lipinski definition) is 1. The molecule has 0 atom stereocenters. The average molecular weight is 157 g/mol. The van der Waals surface area contributed by atoms with Gasteiger partial charge in [-0.05, 0) is 12.8 Å². The first kappa shape index (κ1) is 10.2. The quantitative estimate of drug-likeness (QED) is 0.440. The Bertz CT molecular complexity index is 123. The van der Waals surface area contributed by atoms with Crippen LogP contribution in [0.15, 0.2) is 12.7 Å². The van der Waals surface area contributed by atoms with Crippen LogP contribution in [0.1, 0.15) is 19.3 Å². The van der Waals surface area contributed by atoms with Gasteiger partial charge in [0.1, 0.15) is 0 Å². The highest BCUT2D eigenvalue weighted by Gasteiger charge is 1.93. The van der Waals surface area contributed by atoms with Crippen LogP contribution in [0, 0.1) is 0 Å². The van der Waals surface area contributed by atoms with Crippen LogP contribution in [0.3, 0.4) is 0 Å². The molecule has 0 saturated carbocycles. The van der Waals surface area contributed by atoms with Gasteiger partial charge in [-0.2, -0.15) is 0 Å². The predicted octanol–water partition coefficient (Wildman–Crippen LogP) is 0.845. The van der Waals surface area contributed by atoms with E-state index in [0.29, 0.717) is 19.6 Å². The molecule has 3 heteroatoms. The third-order valence-electron chi connectivity index (χ3n) is 1.20. The van der Waals surface area contributed by atoms with Gasteiger partial charge in [-0.1, -0.05) is 6.08 Å². The lowest BCUT2D eigenvalue weighted by Crippen LogP contribution is -2.10. The molecule has 0 unspecified atom stereocenters. The molecule has 0 aliphatic heterocycles. The van der Waals surface area contributed by atoms with Gasteiger partial charge in [0.15, 0.2) is 0 Å². The van der Waals surface area contributed by atoms with E-state index in [1.165, 1.54) is 0 Å². The van der Waals surface area contributed by atoms with Crippen molar-refractivity contribution >= 4 is 5.91 Å². The largest absolute Gasteiger partial charge is 0.377 e. The summed E-state index contributed by atoms with van der Waals surface area (Å²) in [4.78, 5) is 10.3. The molecular weight excluding hydrogens is 142 g/mol. The van der Waals surface area contributed by atoms with E-state index in [4.69, 9.17) is 10.5 Å². The monoisotopic (exact) mass is 157 g/mol. The fourth-order valence-electron chi connectivity index (χ4n) is 0.670. The van der Waals surface area contributed by atoms with Gasteiger partial charge in [-0.15, -0.1) is 6.58 Å². The smallest absolute Gasteiger partial charge is 0.217 e. The van der Waals surface area contributed by atoms with E-state index in [0.717, 1.165) is 12.8 Å². The van der Waals surface area contributed by atoms with Crippen LogP contribution in [0.5, 0.6) is 0 Å². The highest BCUT2D eigenvalue weighted by atomic mass is 16.5. The predicted molar refractivity (Wildman–Crippen MR) is 44.1 cm³/mol. The Kier molecular flexibility index (Phi) is 6.73. The molecule has 1 amide bonds. The van der Waals surface area contributed by atoms with E-state index in [1.54, 1.807) is 6.08 Å². The van der Waals surface area contributed by atoms with E-state index in [2.05, 4.69) is 6.58 Å². The number of carbonyl (C=O) groups excluding carboxylic acids is 1. The molecule has 11 heavy (non-hydrogen) atoms. The molecule has 0 radical (unpaired) electrons. The highest BCUT2D eigenvalue weighted by molar-refractivity contribution is 5.73. The van der Waals surface area contributed by atoms with Crippen LogP contribution in [-0.2, 0) is 9.53 Å². The standard InChI is InChI=1S/C8H15NO2/c1-2-6-11-7-4-3-5-8(9)10/h2H,1,3-7H2,(H2,9,10). The van der Waals surface area contributed by atoms with Gasteiger partial charge in [0.25, 0.3) is 0 Å². The molecule has 0 spiro atoms. The summed E-state index contributed by atoms with van der Waals surface area (Å²) in [5, 5.41) is 0. The Morgan fingerprint density at radius 2 is 2.27 bits per heavy atom. The number of rotatable bonds is 7. The van der Waals surface area contributed by atoms with E-state index < -0.39 is 0 Å². The summed E-state index contributed by atoms with van der Waals surface area (Å²) in [5.74, 6) is -0.242. The third kappa shape index (κ3) is 9.17. The second kappa shape index (κ2) is 7.28. The van der Waals surface area contributed by atoms with Crippen molar-refractivity contribution in [3.63, 3.8) is 0 Å². The summed E-state index contributed by atoms with van der Waals surface area (Å²) in [7, 11) is 0. The zero-order valence-electron chi connectivity index (χ0n) is 6.71. The molecule has 0 aromatic heterocycles. The maximum Gasteiger partial charge on any atom is 0.217 e. The lowest BCUT2D eigenvalue weighted by molar-refractivity contribution is -0.118. The lowest BCUT2D eigenvalue weighted by Gasteiger charge is -1.98. The second-order valence-corrected chi connectivity index (χ2v) is 2.29. The van der Waals surface area contributed by atoms with Crippen LogP contribution < -0.4 is 5.73 Å². The van der Waals surface area contributed by atoms with Crippen molar-refractivity contribution in [3.05, 3.63) is 12.7 Å². The van der Waals surface area contributed by atoms with Crippen molar-refractivity contribution in [2.45, 2.75) is 19.3 Å². The van der Waals surface area contributed by atoms with Gasteiger partial charge in [-0.3, -0.25) is 4.79 Å². The van der Waals surface area contributed by atoms with E-state index in [1.807, 2.05) is 0 Å². The fraction of sp³-hybridized carbons (Fsp3) is 0.625. The van der Waals surface area contributed by atoms with Crippen LogP contribution in [0.25, 0.3) is 0 Å². The SMILES string of the molecule is C=CCOCCCCC(N)=O. The number of unbranched alkanes of at least 4 members (excludes halogenated alkanes) is 1. The molecule has 0 aromatic rings. The summed E-state index contributed by atoms with van der Waals surface area (Å²) in [6, 6.07) is 0. The number of carbonyl (C=O) groups is 1. The van der Waals surface area contributed by atoms with Crippen molar-refractivity contribution in [3.8, 4) is 0 Å². The van der Waals surface area contributed by atoms with Gasteiger partial charge < -0.3 is 10.5 Å².